The number of nitrogens with zero attached hydrogens (tertiary/aromatic N) is 3. The Kier molecular flexibility index (Phi) is 4.07. The van der Waals surface area contributed by atoms with Crippen LogP contribution in [0.1, 0.15) is 56.0 Å². The van der Waals surface area contributed by atoms with Crippen molar-refractivity contribution in [1.82, 2.24) is 9.55 Å². The summed E-state index contributed by atoms with van der Waals surface area (Å²) >= 11 is 0. The lowest BCUT2D eigenvalue weighted by atomic mass is 9.46. The molecule has 7 rings (SSSR count). The maximum absolute atomic E-state index is 12.6. The van der Waals surface area contributed by atoms with Gasteiger partial charge in [0.1, 0.15) is 5.82 Å². The fourth-order valence-electron chi connectivity index (χ4n) is 7.98. The number of hydrogen-bond acceptors (Lipinski definition) is 3. The van der Waals surface area contributed by atoms with Crippen LogP contribution < -0.4 is 4.90 Å². The molecule has 1 amide bonds. The van der Waals surface area contributed by atoms with Crippen molar-refractivity contribution in [2.24, 2.45) is 17.8 Å². The Morgan fingerprint density at radius 3 is 2.58 bits per heavy atom. The van der Waals surface area contributed by atoms with Gasteiger partial charge in [0.25, 0.3) is 0 Å². The van der Waals surface area contributed by atoms with Crippen LogP contribution in [0.2, 0.25) is 0 Å². The highest BCUT2D eigenvalue weighted by molar-refractivity contribution is 5.95. The molecule has 0 bridgehead atoms. The number of carbonyl (C=O) groups excluding carboxylic acids is 1. The summed E-state index contributed by atoms with van der Waals surface area (Å²) in [6, 6.07) is 15.2. The van der Waals surface area contributed by atoms with Crippen LogP contribution in [0.3, 0.4) is 0 Å². The number of aromatic nitrogens is 2. The van der Waals surface area contributed by atoms with Crippen molar-refractivity contribution in [3.63, 3.8) is 0 Å². The van der Waals surface area contributed by atoms with Gasteiger partial charge < -0.3 is 9.30 Å². The zero-order valence-corrected chi connectivity index (χ0v) is 19.5. The Morgan fingerprint density at radius 2 is 1.85 bits per heavy atom. The molecule has 0 spiro atoms. The number of fused-ring (bicyclic) bond motifs is 3. The van der Waals surface area contributed by atoms with Gasteiger partial charge in [-0.05, 0) is 80.9 Å². The second-order valence-electron chi connectivity index (χ2n) is 10.8. The quantitative estimate of drug-likeness (QED) is 0.525. The second kappa shape index (κ2) is 6.85. The van der Waals surface area contributed by atoms with Crippen molar-refractivity contribution in [2.45, 2.75) is 63.5 Å². The number of methoxy groups -OCH3 is 1. The van der Waals surface area contributed by atoms with Gasteiger partial charge in [-0.25, -0.2) is 9.78 Å². The predicted octanol–water partition coefficient (Wildman–Crippen LogP) is 5.68. The summed E-state index contributed by atoms with van der Waals surface area (Å²) in [6.45, 7) is 2.10. The first-order valence-corrected chi connectivity index (χ1v) is 12.6. The molecule has 1 aromatic heterocycles. The maximum atomic E-state index is 12.6. The SMILES string of the molecule is COC(=O)N1c2ccc3c(nc(Cc4ccccc4)n3C34CC5CCC(C3)C54)c2CC[C@@H]1C. The average Bonchev–Trinajstić information content (AvgIpc) is 3.22. The minimum absolute atomic E-state index is 0.130. The van der Waals surface area contributed by atoms with Crippen molar-refractivity contribution >= 4 is 22.8 Å². The van der Waals surface area contributed by atoms with Gasteiger partial charge in [-0.3, -0.25) is 4.90 Å². The first-order valence-electron chi connectivity index (χ1n) is 12.6. The third-order valence-electron chi connectivity index (χ3n) is 9.29. The fraction of sp³-hybridized carbons (Fsp3) is 0.500. The van der Waals surface area contributed by atoms with E-state index in [-0.39, 0.29) is 17.7 Å². The molecule has 170 valence electrons. The largest absolute Gasteiger partial charge is 0.452 e. The van der Waals surface area contributed by atoms with Gasteiger partial charge >= 0.3 is 6.09 Å². The van der Waals surface area contributed by atoms with Gasteiger partial charge in [0, 0.05) is 18.0 Å². The van der Waals surface area contributed by atoms with E-state index in [0.29, 0.717) is 0 Å². The Labute approximate surface area is 194 Å². The van der Waals surface area contributed by atoms with E-state index in [1.807, 2.05) is 4.90 Å². The topological polar surface area (TPSA) is 47.4 Å². The number of anilines is 1. The Hall–Kier alpha value is -2.82. The predicted molar refractivity (Wildman–Crippen MR) is 129 cm³/mol. The number of amides is 1. The normalized spacial score (nSPS) is 31.5. The lowest BCUT2D eigenvalue weighted by Gasteiger charge is -2.65. The minimum Gasteiger partial charge on any atom is -0.452 e. The summed E-state index contributed by atoms with van der Waals surface area (Å²) < 4.78 is 7.78. The molecular weight excluding hydrogens is 410 g/mol. The van der Waals surface area contributed by atoms with Crippen molar-refractivity contribution < 1.29 is 9.53 Å². The highest BCUT2D eigenvalue weighted by atomic mass is 16.5. The van der Waals surface area contributed by atoms with Gasteiger partial charge in [0.05, 0.1) is 29.4 Å². The van der Waals surface area contributed by atoms with Gasteiger partial charge in [0.2, 0.25) is 0 Å². The van der Waals surface area contributed by atoms with E-state index < -0.39 is 0 Å². The molecule has 3 atom stereocenters. The number of imidazole rings is 1. The van der Waals surface area contributed by atoms with Gasteiger partial charge in [-0.15, -0.1) is 0 Å². The molecule has 2 heterocycles. The number of hydrogen-bond donors (Lipinski definition) is 0. The second-order valence-corrected chi connectivity index (χ2v) is 10.8. The third kappa shape index (κ3) is 2.54. The Balaban J connectivity index is 1.41. The summed E-state index contributed by atoms with van der Waals surface area (Å²) in [4.78, 5) is 19.8. The van der Waals surface area contributed by atoms with Gasteiger partial charge in [0.15, 0.2) is 0 Å². The van der Waals surface area contributed by atoms with Crippen LogP contribution in [0.25, 0.3) is 11.0 Å². The molecule has 3 aliphatic carbocycles. The number of aryl methyl sites for hydroxylation is 1. The van der Waals surface area contributed by atoms with Gasteiger partial charge in [-0.1, -0.05) is 30.3 Å². The number of ether oxygens (including phenoxy) is 1. The molecule has 0 N–H and O–H groups in total. The molecule has 1 aliphatic heterocycles. The third-order valence-corrected chi connectivity index (χ3v) is 9.29. The highest BCUT2D eigenvalue weighted by Gasteiger charge is 2.69. The molecular formula is C28H31N3O2. The standard InChI is InChI=1S/C28H31N3O2/c1-17-8-11-21-22(30(17)27(32)33-2)12-13-23-26(21)29-24(14-18-6-4-3-5-7-18)31(23)28-15-19-9-10-20(16-28)25(19)28/h3-7,12-13,17,19-20,25H,8-11,14-16H2,1-2H3/t17-,19?,20?,25?,28?/m0/s1. The van der Waals surface area contributed by atoms with Crippen molar-refractivity contribution in [3.8, 4) is 0 Å². The van der Waals surface area contributed by atoms with Crippen molar-refractivity contribution in [2.75, 3.05) is 12.0 Å². The maximum Gasteiger partial charge on any atom is 0.414 e. The van der Waals surface area contributed by atoms with Crippen LogP contribution in [0.4, 0.5) is 10.5 Å². The lowest BCUT2D eigenvalue weighted by Crippen LogP contribution is -2.64. The van der Waals surface area contributed by atoms with E-state index in [1.165, 1.54) is 55.3 Å². The van der Waals surface area contributed by atoms with E-state index in [0.717, 1.165) is 48.2 Å². The first kappa shape index (κ1) is 19.6. The number of carbonyl (C=O) groups is 1. The average molecular weight is 442 g/mol. The molecule has 3 aromatic rings. The van der Waals surface area contributed by atoms with E-state index in [4.69, 9.17) is 9.72 Å². The molecule has 3 fully saturated rings. The molecule has 5 nitrogen and oxygen atoms in total. The van der Waals surface area contributed by atoms with Crippen LogP contribution in [0, 0.1) is 17.8 Å². The summed E-state index contributed by atoms with van der Waals surface area (Å²) in [5, 5.41) is 0. The minimum atomic E-state index is -0.278. The van der Waals surface area contributed by atoms with Crippen LogP contribution in [0.5, 0.6) is 0 Å². The molecule has 2 aromatic carbocycles. The monoisotopic (exact) mass is 441 g/mol. The molecule has 0 radical (unpaired) electrons. The smallest absolute Gasteiger partial charge is 0.414 e. The summed E-state index contributed by atoms with van der Waals surface area (Å²) in [5.74, 6) is 3.86. The summed E-state index contributed by atoms with van der Waals surface area (Å²) in [6.07, 6.45) is 7.90. The Morgan fingerprint density at radius 1 is 1.09 bits per heavy atom. The molecule has 33 heavy (non-hydrogen) atoms. The lowest BCUT2D eigenvalue weighted by molar-refractivity contribution is -0.131. The van der Waals surface area contributed by atoms with Crippen LogP contribution >= 0.6 is 0 Å². The zero-order valence-electron chi connectivity index (χ0n) is 19.5. The van der Waals surface area contributed by atoms with E-state index in [9.17, 15) is 4.79 Å². The van der Waals surface area contributed by atoms with Crippen molar-refractivity contribution in [3.05, 3.63) is 59.4 Å². The zero-order chi connectivity index (χ0) is 22.3. The van der Waals surface area contributed by atoms with E-state index >= 15 is 0 Å². The van der Waals surface area contributed by atoms with Crippen LogP contribution in [0.15, 0.2) is 42.5 Å². The van der Waals surface area contributed by atoms with Crippen molar-refractivity contribution in [1.29, 1.82) is 0 Å². The molecule has 2 unspecified atom stereocenters. The number of benzene rings is 2. The first-order chi connectivity index (χ1) is 16.1. The van der Waals surface area contributed by atoms with Gasteiger partial charge in [-0.2, -0.15) is 0 Å². The molecule has 5 heteroatoms. The molecule has 4 aliphatic rings. The van der Waals surface area contributed by atoms with E-state index in [2.05, 4.69) is 54.0 Å². The Bertz CT molecular complexity index is 1250. The van der Waals surface area contributed by atoms with Crippen LogP contribution in [-0.2, 0) is 23.1 Å². The molecule has 3 saturated carbocycles. The highest BCUT2D eigenvalue weighted by Crippen LogP contribution is 2.72. The summed E-state index contributed by atoms with van der Waals surface area (Å²) in [7, 11) is 1.47. The fourth-order valence-corrected chi connectivity index (χ4v) is 7.98. The van der Waals surface area contributed by atoms with Crippen LogP contribution in [-0.4, -0.2) is 28.8 Å². The molecule has 0 saturated heterocycles. The van der Waals surface area contributed by atoms with E-state index in [1.54, 1.807) is 0 Å². The number of rotatable bonds is 3. The summed E-state index contributed by atoms with van der Waals surface area (Å²) in [5.41, 5.74) is 6.12.